The fraction of sp³-hybridized carbons (Fsp3) is 0.412. The van der Waals surface area contributed by atoms with Gasteiger partial charge < -0.3 is 9.40 Å². The first-order chi connectivity index (χ1) is 11.8. The molecule has 1 aromatic carbocycles. The van der Waals surface area contributed by atoms with Gasteiger partial charge in [-0.15, -0.1) is 5.10 Å². The molecule has 1 atom stereocenters. The van der Waals surface area contributed by atoms with Crippen molar-refractivity contribution in [2.45, 2.75) is 45.9 Å². The Bertz CT molecular complexity index is 894. The van der Waals surface area contributed by atoms with E-state index in [4.69, 9.17) is 9.82 Å². The average Bonchev–Trinajstić information content (AvgIpc) is 3.32. The number of rotatable bonds is 5. The summed E-state index contributed by atoms with van der Waals surface area (Å²) < 4.78 is 3.97. The number of aryl methyl sites for hydroxylation is 1. The van der Waals surface area contributed by atoms with Crippen LogP contribution in [0, 0.1) is 0 Å². The second kappa shape index (κ2) is 6.07. The fourth-order valence-corrected chi connectivity index (χ4v) is 3.08. The zero-order valence-corrected chi connectivity index (χ0v) is 13.9. The zero-order valence-electron chi connectivity index (χ0n) is 13.9. The summed E-state index contributed by atoms with van der Waals surface area (Å²) in [7, 11) is 0. The van der Waals surface area contributed by atoms with Crippen LogP contribution in [0.4, 0.5) is 0 Å². The number of oxime groups is 1. The molecule has 7 nitrogen and oxygen atoms in total. The molecule has 124 valence electrons. The lowest BCUT2D eigenvalue weighted by Gasteiger charge is -2.06. The third-order valence-corrected chi connectivity index (χ3v) is 4.33. The first kappa shape index (κ1) is 14.9. The summed E-state index contributed by atoms with van der Waals surface area (Å²) in [5.41, 5.74) is 3.98. The summed E-state index contributed by atoms with van der Waals surface area (Å²) in [6, 6.07) is 8.12. The SMILES string of the molecule is CCC1=NO[C@H](Cn2cc(-c3nc4ccccc4n3CC)nn2)C1. The van der Waals surface area contributed by atoms with Gasteiger partial charge in [0.25, 0.3) is 0 Å². The van der Waals surface area contributed by atoms with Crippen LogP contribution in [0.5, 0.6) is 0 Å². The molecule has 0 aliphatic carbocycles. The standard InChI is InChI=1S/C17H20N6O/c1-3-12-9-13(24-20-12)10-22-11-15(19-21-22)17-18-14-7-5-6-8-16(14)23(17)4-2/h5-8,11,13H,3-4,9-10H2,1-2H3/t13-/m0/s1. The first-order valence-electron chi connectivity index (χ1n) is 8.35. The van der Waals surface area contributed by atoms with Crippen molar-refractivity contribution >= 4 is 16.7 Å². The molecule has 3 aromatic rings. The fourth-order valence-electron chi connectivity index (χ4n) is 3.08. The van der Waals surface area contributed by atoms with E-state index in [1.807, 2.05) is 29.1 Å². The van der Waals surface area contributed by atoms with Crippen molar-refractivity contribution in [3.05, 3.63) is 30.5 Å². The van der Waals surface area contributed by atoms with Crippen molar-refractivity contribution < 1.29 is 4.84 Å². The highest BCUT2D eigenvalue weighted by atomic mass is 16.6. The maximum atomic E-state index is 5.45. The van der Waals surface area contributed by atoms with Gasteiger partial charge >= 0.3 is 0 Å². The monoisotopic (exact) mass is 324 g/mol. The Labute approximate surface area is 139 Å². The number of aromatic nitrogens is 5. The van der Waals surface area contributed by atoms with Gasteiger partial charge in [-0.1, -0.05) is 29.4 Å². The summed E-state index contributed by atoms with van der Waals surface area (Å²) in [5, 5.41) is 12.6. The highest BCUT2D eigenvalue weighted by molar-refractivity contribution is 5.85. The van der Waals surface area contributed by atoms with E-state index in [1.54, 1.807) is 0 Å². The maximum Gasteiger partial charge on any atom is 0.163 e. The highest BCUT2D eigenvalue weighted by Gasteiger charge is 2.21. The largest absolute Gasteiger partial charge is 0.390 e. The second-order valence-corrected chi connectivity index (χ2v) is 5.94. The van der Waals surface area contributed by atoms with Crippen LogP contribution in [0.2, 0.25) is 0 Å². The average molecular weight is 324 g/mol. The Kier molecular flexibility index (Phi) is 3.76. The third kappa shape index (κ3) is 2.55. The lowest BCUT2D eigenvalue weighted by Crippen LogP contribution is -2.16. The number of para-hydroxylation sites is 2. The van der Waals surface area contributed by atoms with Gasteiger partial charge in [-0.2, -0.15) is 0 Å². The van der Waals surface area contributed by atoms with Gasteiger partial charge in [-0.25, -0.2) is 9.67 Å². The third-order valence-electron chi connectivity index (χ3n) is 4.33. The van der Waals surface area contributed by atoms with Crippen LogP contribution in [0.1, 0.15) is 26.7 Å². The van der Waals surface area contributed by atoms with E-state index in [0.29, 0.717) is 6.54 Å². The van der Waals surface area contributed by atoms with Gasteiger partial charge in [0.15, 0.2) is 11.9 Å². The zero-order chi connectivity index (χ0) is 16.5. The number of nitrogens with zero attached hydrogens (tertiary/aromatic N) is 6. The van der Waals surface area contributed by atoms with Gasteiger partial charge in [0.2, 0.25) is 0 Å². The minimum Gasteiger partial charge on any atom is -0.390 e. The predicted molar refractivity (Wildman–Crippen MR) is 91.6 cm³/mol. The lowest BCUT2D eigenvalue weighted by atomic mass is 10.1. The second-order valence-electron chi connectivity index (χ2n) is 5.94. The van der Waals surface area contributed by atoms with Crippen molar-refractivity contribution in [1.82, 2.24) is 24.5 Å². The molecule has 0 bridgehead atoms. The molecule has 0 fully saturated rings. The van der Waals surface area contributed by atoms with E-state index in [-0.39, 0.29) is 6.10 Å². The normalized spacial score (nSPS) is 17.2. The molecule has 0 N–H and O–H groups in total. The van der Waals surface area contributed by atoms with E-state index in [2.05, 4.69) is 39.9 Å². The van der Waals surface area contributed by atoms with Gasteiger partial charge in [0, 0.05) is 13.0 Å². The van der Waals surface area contributed by atoms with E-state index in [0.717, 1.165) is 47.6 Å². The molecule has 0 radical (unpaired) electrons. The molecule has 1 aliphatic rings. The van der Waals surface area contributed by atoms with Gasteiger partial charge in [0.05, 0.1) is 29.5 Å². The van der Waals surface area contributed by atoms with Crippen LogP contribution in [0.15, 0.2) is 35.6 Å². The Morgan fingerprint density at radius 3 is 2.92 bits per heavy atom. The number of hydrogen-bond donors (Lipinski definition) is 0. The van der Waals surface area contributed by atoms with Crippen LogP contribution in [-0.4, -0.2) is 36.4 Å². The molecule has 2 aromatic heterocycles. The van der Waals surface area contributed by atoms with E-state index >= 15 is 0 Å². The quantitative estimate of drug-likeness (QED) is 0.723. The Morgan fingerprint density at radius 2 is 2.12 bits per heavy atom. The maximum absolute atomic E-state index is 5.45. The lowest BCUT2D eigenvalue weighted by molar-refractivity contribution is 0.0693. The number of hydrogen-bond acceptors (Lipinski definition) is 5. The van der Waals surface area contributed by atoms with Crippen molar-refractivity contribution in [1.29, 1.82) is 0 Å². The summed E-state index contributed by atoms with van der Waals surface area (Å²) in [4.78, 5) is 10.2. The highest BCUT2D eigenvalue weighted by Crippen LogP contribution is 2.23. The summed E-state index contributed by atoms with van der Waals surface area (Å²) in [5.74, 6) is 0.850. The molecule has 7 heteroatoms. The molecule has 3 heterocycles. The minimum absolute atomic E-state index is 0.0412. The van der Waals surface area contributed by atoms with Crippen LogP contribution >= 0.6 is 0 Å². The van der Waals surface area contributed by atoms with Crippen LogP contribution in [0.3, 0.4) is 0 Å². The number of benzene rings is 1. The van der Waals surface area contributed by atoms with Gasteiger partial charge in [0.1, 0.15) is 5.69 Å². The predicted octanol–water partition coefficient (Wildman–Crippen LogP) is 2.87. The van der Waals surface area contributed by atoms with Gasteiger partial charge in [-0.05, 0) is 25.5 Å². The van der Waals surface area contributed by atoms with E-state index in [1.165, 1.54) is 0 Å². The topological polar surface area (TPSA) is 70.1 Å². The summed E-state index contributed by atoms with van der Waals surface area (Å²) in [6.45, 7) is 5.68. The van der Waals surface area contributed by atoms with Crippen molar-refractivity contribution in [2.75, 3.05) is 0 Å². The molecule has 0 spiro atoms. The Morgan fingerprint density at radius 1 is 1.25 bits per heavy atom. The summed E-state index contributed by atoms with van der Waals surface area (Å²) >= 11 is 0. The van der Waals surface area contributed by atoms with Crippen LogP contribution in [0.25, 0.3) is 22.6 Å². The van der Waals surface area contributed by atoms with E-state index in [9.17, 15) is 0 Å². The Balaban J connectivity index is 1.59. The van der Waals surface area contributed by atoms with Crippen molar-refractivity contribution in [3.8, 4) is 11.5 Å². The van der Waals surface area contributed by atoms with Crippen LogP contribution < -0.4 is 0 Å². The molecular formula is C17H20N6O. The van der Waals surface area contributed by atoms with E-state index < -0.39 is 0 Å². The van der Waals surface area contributed by atoms with Crippen molar-refractivity contribution in [2.24, 2.45) is 5.16 Å². The molecule has 0 unspecified atom stereocenters. The molecule has 4 rings (SSSR count). The van der Waals surface area contributed by atoms with Crippen molar-refractivity contribution in [3.63, 3.8) is 0 Å². The number of fused-ring (bicyclic) bond motifs is 1. The van der Waals surface area contributed by atoms with Crippen LogP contribution in [-0.2, 0) is 17.9 Å². The first-order valence-corrected chi connectivity index (χ1v) is 8.35. The minimum atomic E-state index is 0.0412. The molecule has 24 heavy (non-hydrogen) atoms. The molecular weight excluding hydrogens is 304 g/mol. The molecule has 0 saturated carbocycles. The molecule has 0 amide bonds. The molecule has 1 aliphatic heterocycles. The Hall–Kier alpha value is -2.70. The number of imidazole rings is 1. The summed E-state index contributed by atoms with van der Waals surface area (Å²) in [6.07, 6.45) is 3.76. The smallest absolute Gasteiger partial charge is 0.163 e. The van der Waals surface area contributed by atoms with Gasteiger partial charge in [-0.3, -0.25) is 0 Å². The molecule has 0 saturated heterocycles.